The standard InChI is InChI=1S/C44H43N2S/c1-25(2)30-23-35(26(3)4)42(36(24-30)27(5)6)46-38-16-12-11-15-37(38)45(8)44(46)40-28(7)17-19-34-41-33-20-18-29-13-9-10-14-31(29)32(33)21-22-39(41)47-43(34)40/h9-27H,1-8H3/q+1. The van der Waals surface area contributed by atoms with E-state index in [1.54, 1.807) is 0 Å². The van der Waals surface area contributed by atoms with Crippen molar-refractivity contribution in [3.63, 3.8) is 0 Å². The lowest BCUT2D eigenvalue weighted by atomic mass is 9.87. The Kier molecular flexibility index (Phi) is 7.04. The fourth-order valence-corrected chi connectivity index (χ4v) is 9.11. The highest BCUT2D eigenvalue weighted by Gasteiger charge is 2.33. The van der Waals surface area contributed by atoms with Gasteiger partial charge in [-0.15, -0.1) is 11.3 Å². The fraction of sp³-hybridized carbons (Fsp3) is 0.250. The minimum absolute atomic E-state index is 0.378. The molecule has 3 heteroatoms. The number of imidazole rings is 1. The maximum absolute atomic E-state index is 2.61. The van der Waals surface area contributed by atoms with E-state index in [2.05, 4.69) is 162 Å². The summed E-state index contributed by atoms with van der Waals surface area (Å²) in [6.45, 7) is 16.3. The smallest absolute Gasteiger partial charge is 0.225 e. The number of rotatable bonds is 5. The molecule has 0 amide bonds. The average molecular weight is 632 g/mol. The number of nitrogens with zero attached hydrogens (tertiary/aromatic N) is 2. The Morgan fingerprint density at radius 1 is 0.638 bits per heavy atom. The van der Waals surface area contributed by atoms with Crippen LogP contribution in [-0.4, -0.2) is 4.57 Å². The SMILES string of the molecule is Cc1ccc2c(sc3ccc4c5ccccc5ccc4c32)c1-c1n(-c2c(C(C)C)cc(C(C)C)cc2C(C)C)c2ccccc2[n+]1C. The molecule has 0 aliphatic heterocycles. The van der Waals surface area contributed by atoms with Crippen LogP contribution in [0.3, 0.4) is 0 Å². The highest BCUT2D eigenvalue weighted by atomic mass is 32.1. The Hall–Kier alpha value is -4.47. The van der Waals surface area contributed by atoms with Crippen molar-refractivity contribution in [2.45, 2.75) is 66.2 Å². The minimum Gasteiger partial charge on any atom is -0.225 e. The molecule has 47 heavy (non-hydrogen) atoms. The topological polar surface area (TPSA) is 8.81 Å². The Morgan fingerprint density at radius 3 is 2.02 bits per heavy atom. The van der Waals surface area contributed by atoms with Crippen LogP contribution in [0, 0.1) is 6.92 Å². The summed E-state index contributed by atoms with van der Waals surface area (Å²) in [5, 5.41) is 7.97. The maximum Gasteiger partial charge on any atom is 0.296 e. The predicted octanol–water partition coefficient (Wildman–Crippen LogP) is 12.5. The molecule has 0 N–H and O–H groups in total. The molecule has 234 valence electrons. The van der Waals surface area contributed by atoms with Crippen LogP contribution in [0.4, 0.5) is 0 Å². The summed E-state index contributed by atoms with van der Waals surface area (Å²) in [5.41, 5.74) is 10.7. The number of hydrogen-bond acceptors (Lipinski definition) is 1. The van der Waals surface area contributed by atoms with Gasteiger partial charge in [0.05, 0.1) is 17.3 Å². The van der Waals surface area contributed by atoms with Crippen molar-refractivity contribution in [1.82, 2.24) is 4.57 Å². The molecular formula is C44H43N2S+. The number of benzene rings is 6. The number of para-hydroxylation sites is 2. The molecule has 6 aromatic carbocycles. The second-order valence-electron chi connectivity index (χ2n) is 14.3. The highest BCUT2D eigenvalue weighted by molar-refractivity contribution is 7.26. The van der Waals surface area contributed by atoms with Gasteiger partial charge in [0, 0.05) is 26.6 Å². The third kappa shape index (κ3) is 4.47. The van der Waals surface area contributed by atoms with Gasteiger partial charge in [-0.2, -0.15) is 4.57 Å². The van der Waals surface area contributed by atoms with E-state index in [1.165, 1.54) is 92.1 Å². The summed E-state index contributed by atoms with van der Waals surface area (Å²) >= 11 is 1.94. The third-order valence-corrected chi connectivity index (χ3v) is 11.5. The van der Waals surface area contributed by atoms with Crippen LogP contribution < -0.4 is 4.57 Å². The van der Waals surface area contributed by atoms with Crippen molar-refractivity contribution in [2.24, 2.45) is 7.05 Å². The number of thiophene rings is 1. The molecule has 0 unspecified atom stereocenters. The minimum atomic E-state index is 0.378. The molecule has 8 aromatic rings. The molecule has 8 rings (SSSR count). The molecule has 0 saturated heterocycles. The molecule has 0 saturated carbocycles. The first-order valence-electron chi connectivity index (χ1n) is 17.1. The molecular weight excluding hydrogens is 589 g/mol. The summed E-state index contributed by atoms with van der Waals surface area (Å²) in [6.07, 6.45) is 0. The van der Waals surface area contributed by atoms with Crippen LogP contribution in [0.1, 0.15) is 81.5 Å². The van der Waals surface area contributed by atoms with Gasteiger partial charge in [0.25, 0.3) is 5.82 Å². The van der Waals surface area contributed by atoms with E-state index in [0.29, 0.717) is 17.8 Å². The number of aryl methyl sites for hydroxylation is 2. The highest BCUT2D eigenvalue weighted by Crippen LogP contribution is 2.46. The molecule has 0 radical (unpaired) electrons. The molecule has 0 spiro atoms. The van der Waals surface area contributed by atoms with Gasteiger partial charge < -0.3 is 0 Å². The third-order valence-electron chi connectivity index (χ3n) is 10.3. The first kappa shape index (κ1) is 29.9. The van der Waals surface area contributed by atoms with Crippen LogP contribution >= 0.6 is 11.3 Å². The van der Waals surface area contributed by atoms with Crippen LogP contribution in [-0.2, 0) is 7.05 Å². The zero-order valence-electron chi connectivity index (χ0n) is 28.8. The quantitative estimate of drug-likeness (QED) is 0.132. The van der Waals surface area contributed by atoms with E-state index in [0.717, 1.165) is 0 Å². The lowest BCUT2D eigenvalue weighted by molar-refractivity contribution is -0.633. The van der Waals surface area contributed by atoms with Crippen LogP contribution in [0.5, 0.6) is 0 Å². The average Bonchev–Trinajstić information content (AvgIpc) is 3.58. The summed E-state index contributed by atoms with van der Waals surface area (Å²) in [5.74, 6) is 2.47. The van der Waals surface area contributed by atoms with Gasteiger partial charge in [-0.1, -0.05) is 120 Å². The zero-order valence-corrected chi connectivity index (χ0v) is 29.6. The molecule has 2 aromatic heterocycles. The van der Waals surface area contributed by atoms with E-state index < -0.39 is 0 Å². The van der Waals surface area contributed by atoms with Crippen LogP contribution in [0.15, 0.2) is 97.1 Å². The van der Waals surface area contributed by atoms with Gasteiger partial charge in [-0.05, 0) is 75.5 Å². The lowest BCUT2D eigenvalue weighted by Crippen LogP contribution is -2.30. The molecule has 2 heterocycles. The van der Waals surface area contributed by atoms with Gasteiger partial charge >= 0.3 is 0 Å². The Bertz CT molecular complexity index is 2490. The van der Waals surface area contributed by atoms with Crippen molar-refractivity contribution in [3.05, 3.63) is 119 Å². The molecule has 2 nitrogen and oxygen atoms in total. The second kappa shape index (κ2) is 11.1. The van der Waals surface area contributed by atoms with Crippen molar-refractivity contribution < 1.29 is 4.57 Å². The fourth-order valence-electron chi connectivity index (χ4n) is 7.80. The van der Waals surface area contributed by atoms with Gasteiger partial charge in [0.15, 0.2) is 11.0 Å². The van der Waals surface area contributed by atoms with Crippen LogP contribution in [0.2, 0.25) is 0 Å². The summed E-state index contributed by atoms with van der Waals surface area (Å²) in [7, 11) is 2.26. The maximum atomic E-state index is 2.61. The molecule has 0 fully saturated rings. The predicted molar refractivity (Wildman–Crippen MR) is 205 cm³/mol. The number of fused-ring (bicyclic) bond motifs is 8. The van der Waals surface area contributed by atoms with E-state index in [9.17, 15) is 0 Å². The first-order chi connectivity index (χ1) is 22.7. The van der Waals surface area contributed by atoms with Gasteiger partial charge in [-0.25, -0.2) is 4.57 Å². The van der Waals surface area contributed by atoms with Crippen molar-refractivity contribution in [1.29, 1.82) is 0 Å². The van der Waals surface area contributed by atoms with E-state index >= 15 is 0 Å². The molecule has 0 atom stereocenters. The number of aromatic nitrogens is 2. The Morgan fingerprint density at radius 2 is 1.30 bits per heavy atom. The van der Waals surface area contributed by atoms with E-state index in [-0.39, 0.29) is 0 Å². The van der Waals surface area contributed by atoms with Gasteiger partial charge in [0.1, 0.15) is 5.69 Å². The number of hydrogen-bond donors (Lipinski definition) is 0. The monoisotopic (exact) mass is 631 g/mol. The normalized spacial score (nSPS) is 12.4. The van der Waals surface area contributed by atoms with Crippen molar-refractivity contribution in [3.8, 4) is 17.1 Å². The van der Waals surface area contributed by atoms with Crippen molar-refractivity contribution >= 4 is 64.1 Å². The van der Waals surface area contributed by atoms with Gasteiger partial charge in [-0.3, -0.25) is 0 Å². The summed E-state index contributed by atoms with van der Waals surface area (Å²) < 4.78 is 7.75. The van der Waals surface area contributed by atoms with E-state index in [4.69, 9.17) is 0 Å². The summed E-state index contributed by atoms with van der Waals surface area (Å²) in [6, 6.07) is 36.7. The van der Waals surface area contributed by atoms with Crippen LogP contribution in [0.25, 0.3) is 69.8 Å². The molecule has 0 aliphatic rings. The first-order valence-corrected chi connectivity index (χ1v) is 17.9. The van der Waals surface area contributed by atoms with E-state index in [1.807, 2.05) is 11.3 Å². The Labute approximate surface area is 281 Å². The summed E-state index contributed by atoms with van der Waals surface area (Å²) in [4.78, 5) is 0. The molecule has 0 aliphatic carbocycles. The second-order valence-corrected chi connectivity index (χ2v) is 15.3. The largest absolute Gasteiger partial charge is 0.296 e. The lowest BCUT2D eigenvalue weighted by Gasteiger charge is -2.22. The Balaban J connectivity index is 1.53. The van der Waals surface area contributed by atoms with Crippen molar-refractivity contribution in [2.75, 3.05) is 0 Å². The zero-order chi connectivity index (χ0) is 32.7. The van der Waals surface area contributed by atoms with Gasteiger partial charge in [0.2, 0.25) is 0 Å². The molecule has 0 bridgehead atoms.